The minimum atomic E-state index is -0.520. The number of nitrogens with zero attached hydrogens (tertiary/aromatic N) is 1. The number of nitrogens with one attached hydrogen (secondary N) is 1. The molecule has 29 heavy (non-hydrogen) atoms. The lowest BCUT2D eigenvalue weighted by molar-refractivity contribution is -0.135. The third kappa shape index (κ3) is 16.2. The average Bonchev–Trinajstić information content (AvgIpc) is 2.64. The Morgan fingerprint density at radius 3 is 2.14 bits per heavy atom. The molecule has 0 spiro atoms. The van der Waals surface area contributed by atoms with Crippen LogP contribution in [-0.2, 0) is 9.59 Å². The van der Waals surface area contributed by atoms with Crippen molar-refractivity contribution in [2.75, 3.05) is 37.7 Å². The maximum atomic E-state index is 12.9. The van der Waals surface area contributed by atoms with Gasteiger partial charge in [-0.1, -0.05) is 45.1 Å². The molecule has 7 heteroatoms. The molecule has 0 aliphatic heterocycles. The first-order valence-corrected chi connectivity index (χ1v) is 11.7. The van der Waals surface area contributed by atoms with E-state index in [1.807, 2.05) is 0 Å². The van der Waals surface area contributed by atoms with Crippen LogP contribution >= 0.6 is 11.8 Å². The van der Waals surface area contributed by atoms with E-state index in [0.29, 0.717) is 37.3 Å². The van der Waals surface area contributed by atoms with E-state index >= 15 is 0 Å². The number of carbonyl (C=O) groups is 2. The van der Waals surface area contributed by atoms with Crippen molar-refractivity contribution >= 4 is 23.6 Å². The monoisotopic (exact) mass is 426 g/mol. The van der Waals surface area contributed by atoms with Crippen LogP contribution in [0.15, 0.2) is 24.3 Å². The number of rotatable bonds is 15. The Morgan fingerprint density at radius 1 is 1.03 bits per heavy atom. The van der Waals surface area contributed by atoms with E-state index in [1.54, 1.807) is 16.7 Å². The zero-order valence-corrected chi connectivity index (χ0v) is 19.6. The summed E-state index contributed by atoms with van der Waals surface area (Å²) >= 11 is 1.64. The van der Waals surface area contributed by atoms with Crippen LogP contribution in [0.25, 0.3) is 0 Å². The number of allylic oxidation sites excluding steroid dienone is 3. The molecular formula is C22H42N4O2S. The van der Waals surface area contributed by atoms with Crippen molar-refractivity contribution < 1.29 is 9.59 Å². The van der Waals surface area contributed by atoms with Gasteiger partial charge in [0.15, 0.2) is 0 Å². The normalized spacial score (nSPS) is 13.2. The Balaban J connectivity index is 4.53. The van der Waals surface area contributed by atoms with Gasteiger partial charge >= 0.3 is 0 Å². The zero-order valence-electron chi connectivity index (χ0n) is 18.8. The van der Waals surface area contributed by atoms with Gasteiger partial charge in [0.2, 0.25) is 11.8 Å². The molecule has 0 aromatic rings. The summed E-state index contributed by atoms with van der Waals surface area (Å²) in [5, 5.41) is 2.80. The SMILES string of the molecule is CC(=O)N[C@H](CSC/C=C\C/C=C\CC(C)(C)C)C(=O)N(CCCN)CCCN. The van der Waals surface area contributed by atoms with Gasteiger partial charge in [-0.3, -0.25) is 9.59 Å². The van der Waals surface area contributed by atoms with Crippen LogP contribution in [0.5, 0.6) is 0 Å². The van der Waals surface area contributed by atoms with Crippen molar-refractivity contribution in [2.24, 2.45) is 16.9 Å². The fourth-order valence-corrected chi connectivity index (χ4v) is 3.44. The molecule has 0 bridgehead atoms. The lowest BCUT2D eigenvalue weighted by atomic mass is 9.92. The standard InChI is InChI=1S/C22H42N4O2S/c1-19(27)25-20(21(28)26(15-10-13-23)16-11-14-24)18-29-17-9-7-5-6-8-12-22(2,3)4/h6-9,20H,5,10-18,23-24H2,1-4H3,(H,25,27)/b8-6-,9-7-/t20-/m1/s1. The molecule has 0 aromatic carbocycles. The molecule has 0 heterocycles. The second kappa shape index (κ2) is 16.5. The van der Waals surface area contributed by atoms with Crippen molar-refractivity contribution in [2.45, 2.75) is 59.4 Å². The van der Waals surface area contributed by atoms with Gasteiger partial charge in [-0.2, -0.15) is 11.8 Å². The van der Waals surface area contributed by atoms with E-state index in [1.165, 1.54) is 6.92 Å². The number of hydrogen-bond donors (Lipinski definition) is 3. The first-order valence-electron chi connectivity index (χ1n) is 10.5. The summed E-state index contributed by atoms with van der Waals surface area (Å²) in [5.74, 6) is 1.11. The summed E-state index contributed by atoms with van der Waals surface area (Å²) in [6.45, 7) is 10.4. The number of carbonyl (C=O) groups excluding carboxylic acids is 2. The Kier molecular flexibility index (Phi) is 15.7. The predicted molar refractivity (Wildman–Crippen MR) is 126 cm³/mol. The third-order valence-corrected chi connectivity index (χ3v) is 5.08. The highest BCUT2D eigenvalue weighted by atomic mass is 32.2. The Hall–Kier alpha value is -1.31. The molecular weight excluding hydrogens is 384 g/mol. The van der Waals surface area contributed by atoms with Gasteiger partial charge in [0.05, 0.1) is 0 Å². The molecule has 6 nitrogen and oxygen atoms in total. The predicted octanol–water partition coefficient (Wildman–Crippen LogP) is 2.69. The van der Waals surface area contributed by atoms with Crippen molar-refractivity contribution in [3.8, 4) is 0 Å². The van der Waals surface area contributed by atoms with E-state index in [2.05, 4.69) is 50.4 Å². The summed E-state index contributed by atoms with van der Waals surface area (Å²) in [6.07, 6.45) is 12.1. The molecule has 0 rings (SSSR count). The van der Waals surface area contributed by atoms with Gasteiger partial charge in [-0.25, -0.2) is 0 Å². The molecule has 0 radical (unpaired) electrons. The van der Waals surface area contributed by atoms with Crippen LogP contribution in [0.2, 0.25) is 0 Å². The Labute approximate surface area is 181 Å². The second-order valence-electron chi connectivity index (χ2n) is 8.34. The van der Waals surface area contributed by atoms with Gasteiger partial charge in [0.25, 0.3) is 0 Å². The van der Waals surface area contributed by atoms with Gasteiger partial charge < -0.3 is 21.7 Å². The maximum Gasteiger partial charge on any atom is 0.246 e. The van der Waals surface area contributed by atoms with Gasteiger partial charge in [0, 0.05) is 31.5 Å². The average molecular weight is 427 g/mol. The Bertz CT molecular complexity index is 507. The first-order chi connectivity index (χ1) is 13.7. The fraction of sp³-hybridized carbons (Fsp3) is 0.727. The van der Waals surface area contributed by atoms with Crippen LogP contribution in [0, 0.1) is 5.41 Å². The molecule has 0 unspecified atom stereocenters. The van der Waals surface area contributed by atoms with Gasteiger partial charge in [0.1, 0.15) is 6.04 Å². The Morgan fingerprint density at radius 2 is 1.62 bits per heavy atom. The fourth-order valence-electron chi connectivity index (χ4n) is 2.57. The van der Waals surface area contributed by atoms with Crippen LogP contribution in [0.3, 0.4) is 0 Å². The largest absolute Gasteiger partial charge is 0.344 e. The lowest BCUT2D eigenvalue weighted by Gasteiger charge is -2.27. The van der Waals surface area contributed by atoms with Crippen LogP contribution in [-0.4, -0.2) is 60.4 Å². The second-order valence-corrected chi connectivity index (χ2v) is 9.42. The summed E-state index contributed by atoms with van der Waals surface area (Å²) < 4.78 is 0. The summed E-state index contributed by atoms with van der Waals surface area (Å²) in [6, 6.07) is -0.520. The molecule has 2 amide bonds. The van der Waals surface area contributed by atoms with E-state index < -0.39 is 6.04 Å². The summed E-state index contributed by atoms with van der Waals surface area (Å²) in [4.78, 5) is 26.2. The summed E-state index contributed by atoms with van der Waals surface area (Å²) in [7, 11) is 0. The van der Waals surface area contributed by atoms with Crippen molar-refractivity contribution in [1.29, 1.82) is 0 Å². The van der Waals surface area contributed by atoms with Crippen molar-refractivity contribution in [1.82, 2.24) is 10.2 Å². The van der Waals surface area contributed by atoms with Gasteiger partial charge in [-0.05, 0) is 44.2 Å². The molecule has 0 aliphatic rings. The molecule has 1 atom stereocenters. The van der Waals surface area contributed by atoms with Crippen LogP contribution in [0.4, 0.5) is 0 Å². The molecule has 0 saturated carbocycles. The first kappa shape index (κ1) is 27.7. The van der Waals surface area contributed by atoms with E-state index in [-0.39, 0.29) is 11.8 Å². The number of hydrogen-bond acceptors (Lipinski definition) is 5. The maximum absolute atomic E-state index is 12.9. The highest BCUT2D eigenvalue weighted by molar-refractivity contribution is 7.99. The van der Waals surface area contributed by atoms with Crippen molar-refractivity contribution in [3.63, 3.8) is 0 Å². The molecule has 0 saturated heterocycles. The third-order valence-electron chi connectivity index (χ3n) is 4.09. The van der Waals surface area contributed by atoms with E-state index in [9.17, 15) is 9.59 Å². The highest BCUT2D eigenvalue weighted by Gasteiger charge is 2.24. The minimum Gasteiger partial charge on any atom is -0.344 e. The lowest BCUT2D eigenvalue weighted by Crippen LogP contribution is -2.50. The number of thioether (sulfide) groups is 1. The quantitative estimate of drug-likeness (QED) is 0.276. The van der Waals surface area contributed by atoms with Crippen LogP contribution in [0.1, 0.15) is 53.4 Å². The smallest absolute Gasteiger partial charge is 0.246 e. The molecule has 0 fully saturated rings. The van der Waals surface area contributed by atoms with E-state index in [0.717, 1.165) is 31.4 Å². The molecule has 5 N–H and O–H groups in total. The zero-order chi connectivity index (χ0) is 22.1. The van der Waals surface area contributed by atoms with Crippen LogP contribution < -0.4 is 16.8 Å². The van der Waals surface area contributed by atoms with Crippen molar-refractivity contribution in [3.05, 3.63) is 24.3 Å². The highest BCUT2D eigenvalue weighted by Crippen LogP contribution is 2.18. The number of nitrogens with two attached hydrogens (primary N) is 2. The minimum absolute atomic E-state index is 0.0521. The topological polar surface area (TPSA) is 101 Å². The molecule has 0 aliphatic carbocycles. The molecule has 0 aromatic heterocycles. The molecule has 168 valence electrons. The van der Waals surface area contributed by atoms with E-state index in [4.69, 9.17) is 11.5 Å². The van der Waals surface area contributed by atoms with Gasteiger partial charge in [-0.15, -0.1) is 0 Å². The summed E-state index contributed by atoms with van der Waals surface area (Å²) in [5.41, 5.74) is 11.5. The number of amides is 2.